The van der Waals surface area contributed by atoms with E-state index in [9.17, 15) is 9.59 Å². The van der Waals surface area contributed by atoms with Gasteiger partial charge in [-0.2, -0.15) is 0 Å². The average molecular weight is 367 g/mol. The van der Waals surface area contributed by atoms with E-state index in [4.69, 9.17) is 0 Å². The van der Waals surface area contributed by atoms with Crippen LogP contribution in [0.2, 0.25) is 0 Å². The lowest BCUT2D eigenvalue weighted by Gasteiger charge is -2.33. The van der Waals surface area contributed by atoms with Gasteiger partial charge in [0.05, 0.1) is 6.54 Å². The number of piperidine rings is 1. The topological polar surface area (TPSA) is 56.4 Å². The number of ketones is 1. The molecule has 0 atom stereocenters. The van der Waals surface area contributed by atoms with Crippen LogP contribution in [0.1, 0.15) is 48.9 Å². The van der Waals surface area contributed by atoms with Crippen LogP contribution < -0.4 is 0 Å². The molecule has 0 spiro atoms. The molecule has 1 aromatic carbocycles. The Hall–Kier alpha value is -2.14. The zero-order valence-corrected chi connectivity index (χ0v) is 16.0. The normalized spacial score (nSPS) is 19.9. The number of carbonyl (C=O) groups excluding carboxylic acids is 2. The molecule has 2 aliphatic rings. The summed E-state index contributed by atoms with van der Waals surface area (Å²) in [5.41, 5.74) is 1.77. The van der Waals surface area contributed by atoms with E-state index in [2.05, 4.69) is 14.8 Å². The van der Waals surface area contributed by atoms with E-state index in [1.165, 1.54) is 12.8 Å². The number of aromatic nitrogens is 1. The molecule has 0 saturated carbocycles. The summed E-state index contributed by atoms with van der Waals surface area (Å²) in [7, 11) is 0. The van der Waals surface area contributed by atoms with Crippen molar-refractivity contribution in [2.24, 2.45) is 5.92 Å². The standard InChI is InChI=1S/C22H29N3O2/c26-21(19-15-23-20-8-4-3-7-18(19)20)16-24-13-9-17(10-14-24)22(27)25-11-5-1-2-6-12-25/h3-4,7-8,15,17,23H,1-2,5-6,9-14,16H2. The molecule has 0 bridgehead atoms. The number of amides is 1. The molecule has 0 unspecified atom stereocenters. The number of hydrogen-bond donors (Lipinski definition) is 1. The number of rotatable bonds is 4. The van der Waals surface area contributed by atoms with Crippen LogP contribution in [0, 0.1) is 5.92 Å². The largest absolute Gasteiger partial charge is 0.360 e. The average Bonchev–Trinajstić information content (AvgIpc) is 2.94. The van der Waals surface area contributed by atoms with Crippen molar-refractivity contribution in [1.29, 1.82) is 0 Å². The van der Waals surface area contributed by atoms with Gasteiger partial charge in [-0.05, 0) is 44.8 Å². The molecular weight excluding hydrogens is 338 g/mol. The summed E-state index contributed by atoms with van der Waals surface area (Å²) >= 11 is 0. The van der Waals surface area contributed by atoms with Gasteiger partial charge < -0.3 is 9.88 Å². The van der Waals surface area contributed by atoms with Crippen molar-refractivity contribution in [3.05, 3.63) is 36.0 Å². The summed E-state index contributed by atoms with van der Waals surface area (Å²) in [5.74, 6) is 0.645. The summed E-state index contributed by atoms with van der Waals surface area (Å²) in [4.78, 5) is 33.0. The van der Waals surface area contributed by atoms with Gasteiger partial charge in [0.15, 0.2) is 5.78 Å². The van der Waals surface area contributed by atoms with Crippen molar-refractivity contribution in [3.8, 4) is 0 Å². The molecule has 5 heteroatoms. The molecule has 2 aromatic rings. The third-order valence-corrected chi connectivity index (χ3v) is 6.11. The Morgan fingerprint density at radius 2 is 1.67 bits per heavy atom. The SMILES string of the molecule is O=C(CN1CCC(C(=O)N2CCCCCC2)CC1)c1c[nH]c2ccccc12. The first-order valence-electron chi connectivity index (χ1n) is 10.3. The highest BCUT2D eigenvalue weighted by Crippen LogP contribution is 2.23. The number of Topliss-reactive ketones (excluding diaryl/α,β-unsaturated/α-hetero) is 1. The van der Waals surface area contributed by atoms with E-state index in [1.807, 2.05) is 30.5 Å². The molecule has 5 nitrogen and oxygen atoms in total. The zero-order valence-electron chi connectivity index (χ0n) is 16.0. The molecule has 2 fully saturated rings. The molecule has 2 saturated heterocycles. The lowest BCUT2D eigenvalue weighted by atomic mass is 9.94. The molecule has 0 aliphatic carbocycles. The zero-order chi connectivity index (χ0) is 18.6. The Morgan fingerprint density at radius 3 is 2.41 bits per heavy atom. The van der Waals surface area contributed by atoms with Crippen LogP contribution in [-0.2, 0) is 4.79 Å². The second-order valence-electron chi connectivity index (χ2n) is 7.96. The lowest BCUT2D eigenvalue weighted by molar-refractivity contribution is -0.137. The van der Waals surface area contributed by atoms with E-state index in [0.29, 0.717) is 12.5 Å². The third-order valence-electron chi connectivity index (χ3n) is 6.11. The van der Waals surface area contributed by atoms with Gasteiger partial charge in [0.2, 0.25) is 5.91 Å². The van der Waals surface area contributed by atoms with Gasteiger partial charge in [0.1, 0.15) is 0 Å². The monoisotopic (exact) mass is 367 g/mol. The third kappa shape index (κ3) is 4.08. The maximum Gasteiger partial charge on any atom is 0.225 e. The lowest BCUT2D eigenvalue weighted by Crippen LogP contribution is -2.44. The number of hydrogen-bond acceptors (Lipinski definition) is 3. The first kappa shape index (κ1) is 18.2. The fourth-order valence-electron chi connectivity index (χ4n) is 4.48. The van der Waals surface area contributed by atoms with E-state index in [0.717, 1.165) is 68.3 Å². The van der Waals surface area contributed by atoms with E-state index in [1.54, 1.807) is 0 Å². The quantitative estimate of drug-likeness (QED) is 0.842. The van der Waals surface area contributed by atoms with Crippen LogP contribution >= 0.6 is 0 Å². The molecule has 3 heterocycles. The number of likely N-dealkylation sites (tertiary alicyclic amines) is 2. The molecule has 0 radical (unpaired) electrons. The van der Waals surface area contributed by atoms with Crippen molar-refractivity contribution in [2.75, 3.05) is 32.7 Å². The second kappa shape index (κ2) is 8.26. The van der Waals surface area contributed by atoms with Crippen LogP contribution in [0.3, 0.4) is 0 Å². The summed E-state index contributed by atoms with van der Waals surface area (Å²) in [6.07, 6.45) is 8.35. The Morgan fingerprint density at radius 1 is 0.963 bits per heavy atom. The first-order valence-corrected chi connectivity index (χ1v) is 10.3. The van der Waals surface area contributed by atoms with Crippen LogP contribution in [0.4, 0.5) is 0 Å². The van der Waals surface area contributed by atoms with Gasteiger partial charge >= 0.3 is 0 Å². The van der Waals surface area contributed by atoms with E-state index in [-0.39, 0.29) is 11.7 Å². The second-order valence-corrected chi connectivity index (χ2v) is 7.96. The molecule has 4 rings (SSSR count). The van der Waals surface area contributed by atoms with Crippen LogP contribution in [-0.4, -0.2) is 59.2 Å². The number of H-pyrrole nitrogens is 1. The highest BCUT2D eigenvalue weighted by Gasteiger charge is 2.29. The highest BCUT2D eigenvalue weighted by atomic mass is 16.2. The van der Waals surface area contributed by atoms with Crippen molar-refractivity contribution >= 4 is 22.6 Å². The van der Waals surface area contributed by atoms with Crippen LogP contribution in [0.15, 0.2) is 30.5 Å². The fourth-order valence-corrected chi connectivity index (χ4v) is 4.48. The van der Waals surface area contributed by atoms with Gasteiger partial charge in [0.25, 0.3) is 0 Å². The van der Waals surface area contributed by atoms with Crippen molar-refractivity contribution in [1.82, 2.24) is 14.8 Å². The summed E-state index contributed by atoms with van der Waals surface area (Å²) in [6, 6.07) is 7.92. The Bertz CT molecular complexity index is 797. The van der Waals surface area contributed by atoms with Crippen molar-refractivity contribution in [3.63, 3.8) is 0 Å². The maximum atomic E-state index is 12.8. The fraction of sp³-hybridized carbons (Fsp3) is 0.545. The minimum atomic E-state index is 0.141. The van der Waals surface area contributed by atoms with Crippen LogP contribution in [0.5, 0.6) is 0 Å². The Balaban J connectivity index is 1.31. The minimum Gasteiger partial charge on any atom is -0.360 e. The number of carbonyl (C=O) groups is 2. The molecule has 27 heavy (non-hydrogen) atoms. The summed E-state index contributed by atoms with van der Waals surface area (Å²) in [6.45, 7) is 3.96. The smallest absolute Gasteiger partial charge is 0.225 e. The summed E-state index contributed by atoms with van der Waals surface area (Å²) in [5, 5.41) is 0.994. The number of fused-ring (bicyclic) bond motifs is 1. The molecule has 1 aromatic heterocycles. The molecule has 2 aliphatic heterocycles. The minimum absolute atomic E-state index is 0.141. The number of nitrogens with zero attached hydrogens (tertiary/aromatic N) is 2. The maximum absolute atomic E-state index is 12.8. The molecule has 1 N–H and O–H groups in total. The Labute approximate surface area is 160 Å². The van der Waals surface area contributed by atoms with Crippen molar-refractivity contribution < 1.29 is 9.59 Å². The highest BCUT2D eigenvalue weighted by molar-refractivity contribution is 6.08. The number of para-hydroxylation sites is 1. The summed E-state index contributed by atoms with van der Waals surface area (Å²) < 4.78 is 0. The van der Waals surface area contributed by atoms with E-state index >= 15 is 0 Å². The predicted octanol–water partition coefficient (Wildman–Crippen LogP) is 3.47. The molecule has 144 valence electrons. The first-order chi connectivity index (χ1) is 13.2. The van der Waals surface area contributed by atoms with Crippen LogP contribution in [0.25, 0.3) is 10.9 Å². The van der Waals surface area contributed by atoms with Gasteiger partial charge in [-0.15, -0.1) is 0 Å². The molecule has 1 amide bonds. The number of nitrogens with one attached hydrogen (secondary N) is 1. The van der Waals surface area contributed by atoms with Gasteiger partial charge in [-0.1, -0.05) is 31.0 Å². The Kier molecular flexibility index (Phi) is 5.58. The number of aromatic amines is 1. The van der Waals surface area contributed by atoms with Gasteiger partial charge in [-0.25, -0.2) is 0 Å². The molecular formula is C22H29N3O2. The van der Waals surface area contributed by atoms with Gasteiger partial charge in [0, 0.05) is 41.7 Å². The van der Waals surface area contributed by atoms with Gasteiger partial charge in [-0.3, -0.25) is 14.5 Å². The number of benzene rings is 1. The van der Waals surface area contributed by atoms with E-state index < -0.39 is 0 Å². The predicted molar refractivity (Wildman–Crippen MR) is 107 cm³/mol. The van der Waals surface area contributed by atoms with Crippen molar-refractivity contribution in [2.45, 2.75) is 38.5 Å².